The lowest BCUT2D eigenvalue weighted by atomic mass is 10.1. The van der Waals surface area contributed by atoms with E-state index in [0.29, 0.717) is 5.56 Å². The molecule has 5 heteroatoms. The molecule has 1 heterocycles. The summed E-state index contributed by atoms with van der Waals surface area (Å²) < 4.78 is 7.25. The number of carbonyl (C=O) groups excluding carboxylic acids is 1. The zero-order chi connectivity index (χ0) is 13.1. The number of halogens is 2. The summed E-state index contributed by atoms with van der Waals surface area (Å²) in [6, 6.07) is 5.59. The van der Waals surface area contributed by atoms with Gasteiger partial charge >= 0.3 is 0 Å². The molecule has 0 aromatic heterocycles. The summed E-state index contributed by atoms with van der Waals surface area (Å²) in [5.41, 5.74) is 0.634. The van der Waals surface area contributed by atoms with Crippen molar-refractivity contribution in [3.63, 3.8) is 0 Å². The SMILES string of the molecule is CC(NC(=O)c1cc(Br)ccc1Br)C1CCCO1. The molecule has 0 spiro atoms. The van der Waals surface area contributed by atoms with Gasteiger partial charge in [-0.2, -0.15) is 0 Å². The van der Waals surface area contributed by atoms with E-state index in [1.807, 2.05) is 25.1 Å². The lowest BCUT2D eigenvalue weighted by Gasteiger charge is -2.20. The molecule has 0 radical (unpaired) electrons. The van der Waals surface area contributed by atoms with Crippen LogP contribution in [0.1, 0.15) is 30.1 Å². The van der Waals surface area contributed by atoms with E-state index in [1.165, 1.54) is 0 Å². The van der Waals surface area contributed by atoms with Crippen molar-refractivity contribution in [2.24, 2.45) is 0 Å². The van der Waals surface area contributed by atoms with Gasteiger partial charge < -0.3 is 10.1 Å². The van der Waals surface area contributed by atoms with Crippen LogP contribution in [0.5, 0.6) is 0 Å². The van der Waals surface area contributed by atoms with Crippen LogP contribution in [-0.4, -0.2) is 24.7 Å². The Morgan fingerprint density at radius 2 is 2.28 bits per heavy atom. The fraction of sp³-hybridized carbons (Fsp3) is 0.462. The standard InChI is InChI=1S/C13H15Br2NO2/c1-8(12-3-2-6-18-12)16-13(17)10-7-9(14)4-5-11(10)15/h4-5,7-8,12H,2-3,6H2,1H3,(H,16,17). The van der Waals surface area contributed by atoms with Crippen LogP contribution in [0.2, 0.25) is 0 Å². The van der Waals surface area contributed by atoms with Gasteiger partial charge in [0.25, 0.3) is 5.91 Å². The van der Waals surface area contributed by atoms with Crippen LogP contribution in [0, 0.1) is 0 Å². The van der Waals surface area contributed by atoms with Gasteiger partial charge in [0.2, 0.25) is 0 Å². The zero-order valence-electron chi connectivity index (χ0n) is 10.1. The highest BCUT2D eigenvalue weighted by atomic mass is 79.9. The lowest BCUT2D eigenvalue weighted by molar-refractivity contribution is 0.0712. The molecule has 1 aromatic rings. The van der Waals surface area contributed by atoms with Gasteiger partial charge in [-0.15, -0.1) is 0 Å². The molecule has 1 aliphatic heterocycles. The van der Waals surface area contributed by atoms with Crippen molar-refractivity contribution in [2.45, 2.75) is 31.9 Å². The third kappa shape index (κ3) is 3.33. The molecule has 3 nitrogen and oxygen atoms in total. The molecule has 2 rings (SSSR count). The van der Waals surface area contributed by atoms with E-state index in [1.54, 1.807) is 0 Å². The van der Waals surface area contributed by atoms with Crippen LogP contribution < -0.4 is 5.32 Å². The van der Waals surface area contributed by atoms with E-state index < -0.39 is 0 Å². The van der Waals surface area contributed by atoms with Crippen LogP contribution in [0.15, 0.2) is 27.1 Å². The summed E-state index contributed by atoms with van der Waals surface area (Å²) in [5, 5.41) is 2.99. The van der Waals surface area contributed by atoms with Gasteiger partial charge in [-0.1, -0.05) is 15.9 Å². The van der Waals surface area contributed by atoms with Crippen LogP contribution >= 0.6 is 31.9 Å². The summed E-state index contributed by atoms with van der Waals surface area (Å²) in [6.07, 6.45) is 2.23. The molecule has 0 aliphatic carbocycles. The van der Waals surface area contributed by atoms with Gasteiger partial charge in [0.05, 0.1) is 17.7 Å². The van der Waals surface area contributed by atoms with Gasteiger partial charge in [0.1, 0.15) is 0 Å². The Morgan fingerprint density at radius 3 is 2.94 bits per heavy atom. The highest BCUT2D eigenvalue weighted by Gasteiger charge is 2.24. The van der Waals surface area contributed by atoms with E-state index in [4.69, 9.17) is 4.74 Å². The Labute approximate surface area is 124 Å². The number of hydrogen-bond donors (Lipinski definition) is 1. The average Bonchev–Trinajstić information content (AvgIpc) is 2.85. The molecule has 1 N–H and O–H groups in total. The number of amides is 1. The van der Waals surface area contributed by atoms with Gasteiger partial charge in [-0.3, -0.25) is 4.79 Å². The molecule has 1 aromatic carbocycles. The third-order valence-electron chi connectivity index (χ3n) is 3.05. The second-order valence-corrected chi connectivity index (χ2v) is 6.21. The fourth-order valence-corrected chi connectivity index (χ4v) is 2.83. The van der Waals surface area contributed by atoms with Crippen molar-refractivity contribution in [2.75, 3.05) is 6.61 Å². The molecule has 0 bridgehead atoms. The minimum Gasteiger partial charge on any atom is -0.376 e. The number of carbonyl (C=O) groups is 1. The summed E-state index contributed by atoms with van der Waals surface area (Å²) in [7, 11) is 0. The fourth-order valence-electron chi connectivity index (χ4n) is 2.05. The number of rotatable bonds is 3. The van der Waals surface area contributed by atoms with Crippen molar-refractivity contribution in [1.82, 2.24) is 5.32 Å². The van der Waals surface area contributed by atoms with Gasteiger partial charge in [0.15, 0.2) is 0 Å². The molecular weight excluding hydrogens is 362 g/mol. The first-order chi connectivity index (χ1) is 8.58. The maximum Gasteiger partial charge on any atom is 0.252 e. The third-order valence-corrected chi connectivity index (χ3v) is 4.24. The molecule has 1 fully saturated rings. The molecule has 0 saturated carbocycles. The number of hydrogen-bond acceptors (Lipinski definition) is 2. The topological polar surface area (TPSA) is 38.3 Å². The van der Waals surface area contributed by atoms with Crippen molar-refractivity contribution < 1.29 is 9.53 Å². The van der Waals surface area contributed by atoms with Crippen LogP contribution in [-0.2, 0) is 4.74 Å². The minimum absolute atomic E-state index is 0.0332. The van der Waals surface area contributed by atoms with Crippen LogP contribution in [0.4, 0.5) is 0 Å². The normalized spacial score (nSPS) is 20.7. The zero-order valence-corrected chi connectivity index (χ0v) is 13.3. The molecule has 1 amide bonds. The predicted molar refractivity (Wildman–Crippen MR) is 77.7 cm³/mol. The number of ether oxygens (including phenoxy) is 1. The summed E-state index contributed by atoms with van der Waals surface area (Å²) in [6.45, 7) is 2.78. The Kier molecular flexibility index (Phi) is 4.81. The van der Waals surface area contributed by atoms with Gasteiger partial charge in [-0.05, 0) is 53.9 Å². The van der Waals surface area contributed by atoms with Crippen molar-refractivity contribution in [1.29, 1.82) is 0 Å². The second kappa shape index (κ2) is 6.17. The Balaban J connectivity index is 2.04. The first kappa shape index (κ1) is 14.0. The predicted octanol–water partition coefficient (Wildman–Crippen LogP) is 3.51. The number of benzene rings is 1. The summed E-state index contributed by atoms with van der Waals surface area (Å²) in [5.74, 6) is -0.0776. The van der Waals surface area contributed by atoms with Crippen molar-refractivity contribution >= 4 is 37.8 Å². The molecule has 98 valence electrons. The summed E-state index contributed by atoms with van der Waals surface area (Å²) in [4.78, 5) is 12.2. The molecule has 2 unspecified atom stereocenters. The maximum atomic E-state index is 12.2. The largest absolute Gasteiger partial charge is 0.376 e. The van der Waals surface area contributed by atoms with E-state index in [2.05, 4.69) is 37.2 Å². The highest BCUT2D eigenvalue weighted by Crippen LogP contribution is 2.22. The van der Waals surface area contributed by atoms with E-state index in [9.17, 15) is 4.79 Å². The second-order valence-electron chi connectivity index (χ2n) is 4.44. The molecule has 1 saturated heterocycles. The van der Waals surface area contributed by atoms with E-state index >= 15 is 0 Å². The van der Waals surface area contributed by atoms with Gasteiger partial charge in [-0.25, -0.2) is 0 Å². The van der Waals surface area contributed by atoms with E-state index in [0.717, 1.165) is 28.4 Å². The van der Waals surface area contributed by atoms with Gasteiger partial charge in [0, 0.05) is 15.6 Å². The number of nitrogens with one attached hydrogen (secondary N) is 1. The first-order valence-corrected chi connectivity index (χ1v) is 7.54. The van der Waals surface area contributed by atoms with Crippen molar-refractivity contribution in [3.05, 3.63) is 32.7 Å². The smallest absolute Gasteiger partial charge is 0.252 e. The van der Waals surface area contributed by atoms with Crippen molar-refractivity contribution in [3.8, 4) is 0 Å². The molecular formula is C13H15Br2NO2. The molecule has 2 atom stereocenters. The highest BCUT2D eigenvalue weighted by molar-refractivity contribution is 9.11. The van der Waals surface area contributed by atoms with E-state index in [-0.39, 0.29) is 18.1 Å². The first-order valence-electron chi connectivity index (χ1n) is 5.95. The average molecular weight is 377 g/mol. The maximum absolute atomic E-state index is 12.2. The molecule has 18 heavy (non-hydrogen) atoms. The Hall–Kier alpha value is -0.390. The Bertz CT molecular complexity index is 445. The lowest BCUT2D eigenvalue weighted by Crippen LogP contribution is -2.40. The molecule has 1 aliphatic rings. The minimum atomic E-state index is -0.0776. The summed E-state index contributed by atoms with van der Waals surface area (Å²) >= 11 is 6.76. The van der Waals surface area contributed by atoms with Crippen LogP contribution in [0.25, 0.3) is 0 Å². The quantitative estimate of drug-likeness (QED) is 0.876. The monoisotopic (exact) mass is 375 g/mol. The Morgan fingerprint density at radius 1 is 1.50 bits per heavy atom. The van der Waals surface area contributed by atoms with Crippen LogP contribution in [0.3, 0.4) is 0 Å².